The van der Waals surface area contributed by atoms with Crippen LogP contribution >= 0.6 is 11.6 Å². The highest BCUT2D eigenvalue weighted by molar-refractivity contribution is 6.30. The molecule has 7 heteroatoms. The molecule has 160 valence electrons. The lowest BCUT2D eigenvalue weighted by atomic mass is 9.95. The molecule has 0 saturated carbocycles. The number of aromatic nitrogens is 2. The van der Waals surface area contributed by atoms with Crippen molar-refractivity contribution in [2.45, 2.75) is 45.6 Å². The molecule has 1 atom stereocenters. The summed E-state index contributed by atoms with van der Waals surface area (Å²) in [6.07, 6.45) is 6.19. The first kappa shape index (κ1) is 20.9. The Morgan fingerprint density at radius 2 is 1.90 bits per heavy atom. The fourth-order valence-electron chi connectivity index (χ4n) is 4.59. The van der Waals surface area contributed by atoms with Gasteiger partial charge < -0.3 is 14.4 Å². The summed E-state index contributed by atoms with van der Waals surface area (Å²) in [6, 6.07) is 7.21. The number of nitrogens with zero attached hydrogens (tertiary/aromatic N) is 4. The summed E-state index contributed by atoms with van der Waals surface area (Å²) in [5.41, 5.74) is 0.805. The molecule has 3 heterocycles. The van der Waals surface area contributed by atoms with Crippen molar-refractivity contribution < 1.29 is 9.59 Å². The number of rotatable bonds is 5. The number of benzene rings is 1. The zero-order valence-corrected chi connectivity index (χ0v) is 18.4. The molecule has 4 rings (SSSR count). The van der Waals surface area contributed by atoms with Gasteiger partial charge >= 0.3 is 0 Å². The van der Waals surface area contributed by atoms with Crippen LogP contribution in [0.3, 0.4) is 0 Å². The van der Waals surface area contributed by atoms with Crippen LogP contribution in [0.15, 0.2) is 36.7 Å². The number of carbonyl (C=O) groups is 2. The van der Waals surface area contributed by atoms with Gasteiger partial charge in [0.05, 0.1) is 5.92 Å². The zero-order valence-electron chi connectivity index (χ0n) is 17.6. The Morgan fingerprint density at radius 1 is 1.20 bits per heavy atom. The summed E-state index contributed by atoms with van der Waals surface area (Å²) in [4.78, 5) is 33.7. The minimum absolute atomic E-state index is 0.00637. The molecule has 0 radical (unpaired) electrons. The third-order valence-corrected chi connectivity index (χ3v) is 6.51. The molecular weight excluding hydrogens is 400 g/mol. The fourth-order valence-corrected chi connectivity index (χ4v) is 4.72. The van der Waals surface area contributed by atoms with Crippen molar-refractivity contribution >= 4 is 29.1 Å². The van der Waals surface area contributed by atoms with E-state index in [0.717, 1.165) is 44.0 Å². The Labute approximate surface area is 182 Å². The molecule has 1 unspecified atom stereocenters. The number of hydrogen-bond acceptors (Lipinski definition) is 3. The molecule has 1 aromatic heterocycles. The van der Waals surface area contributed by atoms with E-state index < -0.39 is 0 Å². The van der Waals surface area contributed by atoms with Crippen LogP contribution in [0.1, 0.15) is 44.9 Å². The quantitative estimate of drug-likeness (QED) is 0.724. The van der Waals surface area contributed by atoms with E-state index in [4.69, 9.17) is 11.6 Å². The molecule has 30 heavy (non-hydrogen) atoms. The lowest BCUT2D eigenvalue weighted by Crippen LogP contribution is -2.43. The maximum Gasteiger partial charge on any atom is 0.228 e. The van der Waals surface area contributed by atoms with Gasteiger partial charge in [-0.25, -0.2) is 4.98 Å². The third-order valence-electron chi connectivity index (χ3n) is 6.26. The monoisotopic (exact) mass is 428 g/mol. The molecule has 2 aliphatic rings. The summed E-state index contributed by atoms with van der Waals surface area (Å²) in [5, 5.41) is 0.636. The molecule has 2 fully saturated rings. The van der Waals surface area contributed by atoms with Gasteiger partial charge in [0.25, 0.3) is 0 Å². The summed E-state index contributed by atoms with van der Waals surface area (Å²) in [5.74, 6) is 1.95. The lowest BCUT2D eigenvalue weighted by molar-refractivity contribution is -0.137. The molecule has 0 spiro atoms. The zero-order chi connectivity index (χ0) is 21.3. The number of amides is 2. The summed E-state index contributed by atoms with van der Waals surface area (Å²) in [7, 11) is 0. The maximum atomic E-state index is 13.1. The number of carbonyl (C=O) groups excluding carboxylic acids is 2. The second kappa shape index (κ2) is 8.80. The van der Waals surface area contributed by atoms with E-state index >= 15 is 0 Å². The number of halogens is 1. The first-order valence-corrected chi connectivity index (χ1v) is 11.2. The van der Waals surface area contributed by atoms with Crippen LogP contribution < -0.4 is 4.90 Å². The SMILES string of the molecule is CC(C)c1nccn1CC1CCN(C(=O)C2CC(=O)N(c3ccc(Cl)cc3)C2)CC1. The Bertz CT molecular complexity index is 900. The fraction of sp³-hybridized carbons (Fsp3) is 0.522. The predicted molar refractivity (Wildman–Crippen MR) is 118 cm³/mol. The van der Waals surface area contributed by atoms with Gasteiger partial charge in [0.2, 0.25) is 11.8 Å². The van der Waals surface area contributed by atoms with Crippen LogP contribution in [0, 0.1) is 11.8 Å². The van der Waals surface area contributed by atoms with E-state index in [1.807, 2.05) is 23.2 Å². The van der Waals surface area contributed by atoms with Gasteiger partial charge in [-0.3, -0.25) is 9.59 Å². The van der Waals surface area contributed by atoms with Gasteiger partial charge in [0, 0.05) is 61.6 Å². The minimum Gasteiger partial charge on any atom is -0.342 e. The topological polar surface area (TPSA) is 58.4 Å². The highest BCUT2D eigenvalue weighted by Gasteiger charge is 2.38. The van der Waals surface area contributed by atoms with Crippen LogP contribution in [0.2, 0.25) is 5.02 Å². The third kappa shape index (κ3) is 4.38. The van der Waals surface area contributed by atoms with Gasteiger partial charge in [-0.05, 0) is 43.0 Å². The highest BCUT2D eigenvalue weighted by Crippen LogP contribution is 2.29. The van der Waals surface area contributed by atoms with Crippen LogP contribution in [-0.4, -0.2) is 45.9 Å². The number of piperidine rings is 1. The Morgan fingerprint density at radius 3 is 2.57 bits per heavy atom. The highest BCUT2D eigenvalue weighted by atomic mass is 35.5. The minimum atomic E-state index is -0.258. The van der Waals surface area contributed by atoms with Crippen LogP contribution in [0.25, 0.3) is 0 Å². The molecule has 2 saturated heterocycles. The summed E-state index contributed by atoms with van der Waals surface area (Å²) in [6.45, 7) is 7.27. The molecule has 2 amide bonds. The van der Waals surface area contributed by atoms with Gasteiger partial charge in [0.15, 0.2) is 0 Å². The smallest absolute Gasteiger partial charge is 0.228 e. The van der Waals surface area contributed by atoms with Gasteiger partial charge in [-0.2, -0.15) is 0 Å². The molecule has 2 aliphatic heterocycles. The van der Waals surface area contributed by atoms with Gasteiger partial charge in [0.1, 0.15) is 5.82 Å². The Kier molecular flexibility index (Phi) is 6.14. The van der Waals surface area contributed by atoms with Crippen molar-refractivity contribution in [2.24, 2.45) is 11.8 Å². The van der Waals surface area contributed by atoms with Crippen molar-refractivity contribution in [2.75, 3.05) is 24.5 Å². The predicted octanol–water partition coefficient (Wildman–Crippen LogP) is 3.95. The second-order valence-electron chi connectivity index (χ2n) is 8.74. The standard InChI is InChI=1S/C23H29ClN4O2/c1-16(2)22-25-9-12-27(22)14-17-7-10-26(11-8-17)23(30)18-13-21(29)28(15-18)20-5-3-19(24)4-6-20/h3-6,9,12,16-18H,7-8,10-11,13-15H2,1-2H3. The second-order valence-corrected chi connectivity index (χ2v) is 9.18. The summed E-state index contributed by atoms with van der Waals surface area (Å²) < 4.78 is 2.26. The molecule has 6 nitrogen and oxygen atoms in total. The van der Waals surface area contributed by atoms with Crippen molar-refractivity contribution in [3.05, 3.63) is 47.5 Å². The van der Waals surface area contributed by atoms with Crippen molar-refractivity contribution in [3.8, 4) is 0 Å². The van der Waals surface area contributed by atoms with Crippen LogP contribution in [-0.2, 0) is 16.1 Å². The average Bonchev–Trinajstić information content (AvgIpc) is 3.35. The Hall–Kier alpha value is -2.34. The average molecular weight is 429 g/mol. The van der Waals surface area contributed by atoms with E-state index in [0.29, 0.717) is 23.4 Å². The van der Waals surface area contributed by atoms with Gasteiger partial charge in [-0.15, -0.1) is 0 Å². The van der Waals surface area contributed by atoms with Crippen molar-refractivity contribution in [3.63, 3.8) is 0 Å². The molecule has 0 N–H and O–H groups in total. The van der Waals surface area contributed by atoms with E-state index in [1.54, 1.807) is 17.0 Å². The number of imidazole rings is 1. The number of anilines is 1. The normalized spacial score (nSPS) is 20.4. The van der Waals surface area contributed by atoms with Gasteiger partial charge in [-0.1, -0.05) is 25.4 Å². The number of likely N-dealkylation sites (tertiary alicyclic amines) is 1. The first-order chi connectivity index (χ1) is 14.4. The van der Waals surface area contributed by atoms with E-state index in [1.165, 1.54) is 0 Å². The largest absolute Gasteiger partial charge is 0.342 e. The van der Waals surface area contributed by atoms with Crippen LogP contribution in [0.5, 0.6) is 0 Å². The molecule has 1 aromatic carbocycles. The Balaban J connectivity index is 1.31. The molecule has 2 aromatic rings. The molecule has 0 aliphatic carbocycles. The van der Waals surface area contributed by atoms with Crippen molar-refractivity contribution in [1.29, 1.82) is 0 Å². The lowest BCUT2D eigenvalue weighted by Gasteiger charge is -2.34. The van der Waals surface area contributed by atoms with E-state index in [9.17, 15) is 9.59 Å². The molecule has 0 bridgehead atoms. The number of hydrogen-bond donors (Lipinski definition) is 0. The molecular formula is C23H29ClN4O2. The van der Waals surface area contributed by atoms with E-state index in [-0.39, 0.29) is 24.2 Å². The summed E-state index contributed by atoms with van der Waals surface area (Å²) >= 11 is 5.95. The van der Waals surface area contributed by atoms with Crippen LogP contribution in [0.4, 0.5) is 5.69 Å². The first-order valence-electron chi connectivity index (χ1n) is 10.8. The maximum absolute atomic E-state index is 13.1. The van der Waals surface area contributed by atoms with E-state index in [2.05, 4.69) is 29.6 Å². The van der Waals surface area contributed by atoms with Crippen molar-refractivity contribution in [1.82, 2.24) is 14.5 Å².